The van der Waals surface area contributed by atoms with Crippen LogP contribution in [0.15, 0.2) is 53.4 Å². The van der Waals surface area contributed by atoms with Gasteiger partial charge >= 0.3 is 0 Å². The number of carbonyl (C=O) groups is 1. The lowest BCUT2D eigenvalue weighted by atomic mass is 10.1. The molecule has 0 saturated carbocycles. The van der Waals surface area contributed by atoms with E-state index in [0.717, 1.165) is 16.6 Å². The van der Waals surface area contributed by atoms with Crippen molar-refractivity contribution in [2.75, 3.05) is 26.2 Å². The summed E-state index contributed by atoms with van der Waals surface area (Å²) in [4.78, 5) is 19.3. The number of benzene rings is 2. The van der Waals surface area contributed by atoms with E-state index in [1.807, 2.05) is 31.2 Å². The number of sulfonamides is 1. The van der Waals surface area contributed by atoms with Crippen molar-refractivity contribution in [1.29, 1.82) is 5.26 Å². The number of rotatable bonds is 3. The van der Waals surface area contributed by atoms with Crippen LogP contribution in [0.4, 0.5) is 0 Å². The van der Waals surface area contributed by atoms with E-state index in [-0.39, 0.29) is 23.9 Å². The Morgan fingerprint density at radius 3 is 2.39 bits per heavy atom. The SMILES string of the molecule is Cc1ccc2ccc(C(=O)N3CCN(S(=O)(=O)c4ccc(C#N)cc4C)CC3)cc2n1. The molecule has 31 heavy (non-hydrogen) atoms. The van der Waals surface area contributed by atoms with Gasteiger partial charge in [-0.2, -0.15) is 9.57 Å². The van der Waals surface area contributed by atoms with Gasteiger partial charge in [0.25, 0.3) is 5.91 Å². The second kappa shape index (κ2) is 8.10. The molecule has 0 aliphatic carbocycles. The molecule has 3 aromatic rings. The van der Waals surface area contributed by atoms with Crippen LogP contribution in [-0.4, -0.2) is 54.7 Å². The van der Waals surface area contributed by atoms with Gasteiger partial charge in [0.05, 0.1) is 22.0 Å². The van der Waals surface area contributed by atoms with Crippen LogP contribution < -0.4 is 0 Å². The van der Waals surface area contributed by atoms with Gasteiger partial charge in [-0.15, -0.1) is 0 Å². The summed E-state index contributed by atoms with van der Waals surface area (Å²) in [5.74, 6) is -0.128. The molecule has 1 aliphatic rings. The van der Waals surface area contributed by atoms with Crippen molar-refractivity contribution in [2.24, 2.45) is 0 Å². The summed E-state index contributed by atoms with van der Waals surface area (Å²) in [5.41, 5.74) is 3.16. The van der Waals surface area contributed by atoms with E-state index in [9.17, 15) is 13.2 Å². The summed E-state index contributed by atoms with van der Waals surface area (Å²) in [7, 11) is -3.69. The Morgan fingerprint density at radius 2 is 1.71 bits per heavy atom. The molecule has 0 spiro atoms. The van der Waals surface area contributed by atoms with Gasteiger partial charge in [-0.05, 0) is 55.8 Å². The van der Waals surface area contributed by atoms with Crippen LogP contribution in [0.3, 0.4) is 0 Å². The summed E-state index contributed by atoms with van der Waals surface area (Å²) in [6.07, 6.45) is 0. The van der Waals surface area contributed by atoms with E-state index in [1.54, 1.807) is 30.0 Å². The molecule has 0 unspecified atom stereocenters. The fourth-order valence-electron chi connectivity index (χ4n) is 3.81. The summed E-state index contributed by atoms with van der Waals surface area (Å²) >= 11 is 0. The van der Waals surface area contributed by atoms with Gasteiger partial charge in [0.1, 0.15) is 0 Å². The van der Waals surface area contributed by atoms with Crippen LogP contribution in [0, 0.1) is 25.2 Å². The quantitative estimate of drug-likeness (QED) is 0.632. The van der Waals surface area contributed by atoms with Crippen molar-refractivity contribution >= 4 is 26.8 Å². The molecule has 158 valence electrons. The first-order chi connectivity index (χ1) is 14.8. The fraction of sp³-hybridized carbons (Fsp3) is 0.261. The Hall–Kier alpha value is -3.28. The number of nitrogens with zero attached hydrogens (tertiary/aromatic N) is 4. The maximum Gasteiger partial charge on any atom is 0.254 e. The second-order valence-electron chi connectivity index (χ2n) is 7.65. The summed E-state index contributed by atoms with van der Waals surface area (Å²) < 4.78 is 27.5. The number of hydrogen-bond donors (Lipinski definition) is 0. The maximum absolute atomic E-state index is 13.1. The Kier molecular flexibility index (Phi) is 5.48. The minimum Gasteiger partial charge on any atom is -0.336 e. The molecule has 1 amide bonds. The smallest absolute Gasteiger partial charge is 0.254 e. The van der Waals surface area contributed by atoms with Gasteiger partial charge in [-0.1, -0.05) is 12.1 Å². The van der Waals surface area contributed by atoms with Gasteiger partial charge in [0.15, 0.2) is 0 Å². The first-order valence-corrected chi connectivity index (χ1v) is 11.4. The van der Waals surface area contributed by atoms with E-state index >= 15 is 0 Å². The minimum absolute atomic E-state index is 0.128. The predicted molar refractivity (Wildman–Crippen MR) is 117 cm³/mol. The third-order valence-corrected chi connectivity index (χ3v) is 7.58. The number of amides is 1. The molecule has 0 atom stereocenters. The Balaban J connectivity index is 1.49. The monoisotopic (exact) mass is 434 g/mol. The van der Waals surface area contributed by atoms with E-state index in [2.05, 4.69) is 4.98 Å². The zero-order chi connectivity index (χ0) is 22.2. The maximum atomic E-state index is 13.1. The third-order valence-electron chi connectivity index (χ3n) is 5.53. The fourth-order valence-corrected chi connectivity index (χ4v) is 5.44. The Labute approximate surface area is 181 Å². The largest absolute Gasteiger partial charge is 0.336 e. The summed E-state index contributed by atoms with van der Waals surface area (Å²) in [5, 5.41) is 9.97. The van der Waals surface area contributed by atoms with Crippen molar-refractivity contribution in [1.82, 2.24) is 14.2 Å². The first-order valence-electron chi connectivity index (χ1n) is 9.97. The average Bonchev–Trinajstić information content (AvgIpc) is 2.77. The van der Waals surface area contributed by atoms with Gasteiger partial charge in [0, 0.05) is 42.8 Å². The zero-order valence-corrected chi connectivity index (χ0v) is 18.2. The van der Waals surface area contributed by atoms with Crippen molar-refractivity contribution in [3.63, 3.8) is 0 Å². The van der Waals surface area contributed by atoms with Crippen LogP contribution in [0.1, 0.15) is 27.2 Å². The number of fused-ring (bicyclic) bond motifs is 1. The molecular formula is C23H22N4O3S. The predicted octanol–water partition coefficient (Wildman–Crippen LogP) is 2.87. The lowest BCUT2D eigenvalue weighted by Crippen LogP contribution is -2.50. The topological polar surface area (TPSA) is 94.4 Å². The van der Waals surface area contributed by atoms with Gasteiger partial charge in [-0.25, -0.2) is 8.42 Å². The molecule has 2 heterocycles. The van der Waals surface area contributed by atoms with E-state index in [4.69, 9.17) is 5.26 Å². The average molecular weight is 435 g/mol. The molecule has 7 nitrogen and oxygen atoms in total. The number of carbonyl (C=O) groups excluding carboxylic acids is 1. The molecular weight excluding hydrogens is 412 g/mol. The highest BCUT2D eigenvalue weighted by Crippen LogP contribution is 2.23. The molecule has 0 N–H and O–H groups in total. The molecule has 1 fully saturated rings. The van der Waals surface area contributed by atoms with Crippen LogP contribution in [0.2, 0.25) is 0 Å². The summed E-state index contributed by atoms with van der Waals surface area (Å²) in [6, 6.07) is 15.9. The van der Waals surface area contributed by atoms with Crippen molar-refractivity contribution in [3.8, 4) is 6.07 Å². The highest BCUT2D eigenvalue weighted by molar-refractivity contribution is 7.89. The highest BCUT2D eigenvalue weighted by Gasteiger charge is 2.31. The minimum atomic E-state index is -3.69. The third kappa shape index (κ3) is 4.02. The normalized spacial score (nSPS) is 15.1. The lowest BCUT2D eigenvalue weighted by molar-refractivity contribution is 0.0698. The Bertz CT molecular complexity index is 1320. The van der Waals surface area contributed by atoms with E-state index < -0.39 is 10.0 Å². The number of aryl methyl sites for hydroxylation is 2. The molecule has 4 rings (SSSR count). The Morgan fingerprint density at radius 1 is 1.00 bits per heavy atom. The van der Waals surface area contributed by atoms with Crippen LogP contribution in [0.5, 0.6) is 0 Å². The van der Waals surface area contributed by atoms with Crippen LogP contribution in [-0.2, 0) is 10.0 Å². The zero-order valence-electron chi connectivity index (χ0n) is 17.4. The molecule has 0 bridgehead atoms. The van der Waals surface area contributed by atoms with Gasteiger partial charge < -0.3 is 4.90 Å². The first kappa shape index (κ1) is 21.0. The molecule has 1 aliphatic heterocycles. The number of pyridine rings is 1. The van der Waals surface area contributed by atoms with Crippen molar-refractivity contribution in [2.45, 2.75) is 18.7 Å². The van der Waals surface area contributed by atoms with Gasteiger partial charge in [-0.3, -0.25) is 9.78 Å². The van der Waals surface area contributed by atoms with Crippen molar-refractivity contribution < 1.29 is 13.2 Å². The second-order valence-corrected chi connectivity index (χ2v) is 9.55. The molecule has 2 aromatic carbocycles. The molecule has 0 radical (unpaired) electrons. The number of nitriles is 1. The van der Waals surface area contributed by atoms with E-state index in [0.29, 0.717) is 29.8 Å². The van der Waals surface area contributed by atoms with Crippen LogP contribution >= 0.6 is 0 Å². The van der Waals surface area contributed by atoms with Gasteiger partial charge in [0.2, 0.25) is 10.0 Å². The lowest BCUT2D eigenvalue weighted by Gasteiger charge is -2.34. The molecule has 8 heteroatoms. The highest BCUT2D eigenvalue weighted by atomic mass is 32.2. The number of aromatic nitrogens is 1. The van der Waals surface area contributed by atoms with Crippen LogP contribution in [0.25, 0.3) is 10.9 Å². The standard InChI is InChI=1S/C23H22N4O3S/c1-16-13-18(15-24)4-8-22(16)31(29,30)27-11-9-26(10-12-27)23(28)20-7-6-19-5-3-17(2)25-21(19)14-20/h3-8,13-14H,9-12H2,1-2H3. The summed E-state index contributed by atoms with van der Waals surface area (Å²) in [6.45, 7) is 4.66. The van der Waals surface area contributed by atoms with E-state index in [1.165, 1.54) is 16.4 Å². The van der Waals surface area contributed by atoms with Crippen molar-refractivity contribution in [3.05, 3.63) is 70.9 Å². The molecule has 1 saturated heterocycles. The number of piperazine rings is 1. The number of hydrogen-bond acceptors (Lipinski definition) is 5. The molecule has 1 aromatic heterocycles.